The molecule has 0 aromatic heterocycles. The van der Waals surface area contributed by atoms with Gasteiger partial charge in [0.25, 0.3) is 0 Å². The zero-order chi connectivity index (χ0) is 5.95. The van der Waals surface area contributed by atoms with Crippen LogP contribution in [0.4, 0.5) is 0 Å². The van der Waals surface area contributed by atoms with Gasteiger partial charge in [-0.15, -0.1) is 0 Å². The average molecular weight is 120 g/mol. The molecule has 0 aliphatic heterocycles. The molecule has 9 heavy (non-hydrogen) atoms. The Morgan fingerprint density at radius 3 is 2.67 bits per heavy atom. The molecule has 0 aromatic carbocycles. The molecule has 0 radical (unpaired) electrons. The van der Waals surface area contributed by atoms with Crippen molar-refractivity contribution in [2.45, 2.75) is 32.1 Å². The lowest BCUT2D eigenvalue weighted by Crippen LogP contribution is -2.38. The number of hydrogen-bond donors (Lipinski definition) is 0. The van der Waals surface area contributed by atoms with Crippen molar-refractivity contribution in [3.05, 3.63) is 12.2 Å². The second-order valence-corrected chi connectivity index (χ2v) is 4.32. The molecule has 0 aromatic rings. The minimum atomic E-state index is 0.748. The molecule has 48 valence electrons. The van der Waals surface area contributed by atoms with E-state index in [1.54, 1.807) is 0 Å². The Labute approximate surface area is 56.0 Å². The van der Waals surface area contributed by atoms with E-state index in [2.05, 4.69) is 12.2 Å². The predicted molar refractivity (Wildman–Crippen MR) is 37.1 cm³/mol. The summed E-state index contributed by atoms with van der Waals surface area (Å²) in [5, 5.41) is 0. The van der Waals surface area contributed by atoms with Crippen LogP contribution >= 0.6 is 0 Å². The monoisotopic (exact) mass is 120 g/mol. The van der Waals surface area contributed by atoms with Crippen molar-refractivity contribution in [2.75, 3.05) is 0 Å². The van der Waals surface area contributed by atoms with Crippen LogP contribution in [-0.4, -0.2) is 0 Å². The molecule has 5 aliphatic rings. The maximum absolute atomic E-state index is 2.49. The minimum Gasteiger partial charge on any atom is -0.0874 e. The first-order valence-corrected chi connectivity index (χ1v) is 4.01. The highest BCUT2D eigenvalue weighted by molar-refractivity contribution is 5.24. The zero-order valence-corrected chi connectivity index (χ0v) is 5.69. The molecule has 3 saturated carbocycles. The van der Waals surface area contributed by atoms with E-state index in [9.17, 15) is 0 Å². The van der Waals surface area contributed by atoms with Gasteiger partial charge < -0.3 is 0 Å². The highest BCUT2D eigenvalue weighted by atomic mass is 14.6. The molecule has 0 N–H and O–H groups in total. The van der Waals surface area contributed by atoms with E-state index in [4.69, 9.17) is 0 Å². The van der Waals surface area contributed by atoms with E-state index in [1.807, 2.05) is 0 Å². The molecule has 0 amide bonds. The van der Waals surface area contributed by atoms with Crippen LogP contribution in [0.5, 0.6) is 0 Å². The molecule has 0 spiro atoms. The summed E-state index contributed by atoms with van der Waals surface area (Å²) in [5.74, 6) is 0. The molecule has 5 rings (SSSR count). The van der Waals surface area contributed by atoms with Crippen LogP contribution in [0.3, 0.4) is 0 Å². The van der Waals surface area contributed by atoms with Crippen LogP contribution in [0, 0.1) is 10.8 Å². The molecule has 0 nitrogen and oxygen atoms in total. The van der Waals surface area contributed by atoms with Gasteiger partial charge in [-0.05, 0) is 42.9 Å². The van der Waals surface area contributed by atoms with Gasteiger partial charge in [0, 0.05) is 0 Å². The molecule has 0 heteroatoms. The lowest BCUT2D eigenvalue weighted by molar-refractivity contribution is 0.0746. The standard InChI is InChI=1S/C9H12/c1-2-8-4-5-9(3-1,6-8)7-8/h1-2H,3-7H2/t8-,9+. The highest BCUT2D eigenvalue weighted by Crippen LogP contribution is 2.71. The third kappa shape index (κ3) is 0.357. The summed E-state index contributed by atoms with van der Waals surface area (Å²) >= 11 is 0. The Kier molecular flexibility index (Phi) is 0.505. The van der Waals surface area contributed by atoms with Gasteiger partial charge in [-0.2, -0.15) is 0 Å². The van der Waals surface area contributed by atoms with Gasteiger partial charge in [-0.1, -0.05) is 12.2 Å². The Morgan fingerprint density at radius 2 is 2.00 bits per heavy atom. The molecule has 0 atom stereocenters. The van der Waals surface area contributed by atoms with Crippen LogP contribution in [0.1, 0.15) is 32.1 Å². The molecular weight excluding hydrogens is 108 g/mol. The van der Waals surface area contributed by atoms with Gasteiger partial charge in [0.2, 0.25) is 0 Å². The van der Waals surface area contributed by atoms with Gasteiger partial charge in [0.15, 0.2) is 0 Å². The third-order valence-corrected chi connectivity index (χ3v) is 3.63. The Bertz CT molecular complexity index is 182. The lowest BCUT2D eigenvalue weighted by Gasteiger charge is -2.49. The summed E-state index contributed by atoms with van der Waals surface area (Å²) in [7, 11) is 0. The molecule has 5 aliphatic carbocycles. The van der Waals surface area contributed by atoms with Crippen LogP contribution < -0.4 is 0 Å². The number of fused-ring (bicyclic) bond motifs is 2. The van der Waals surface area contributed by atoms with E-state index < -0.39 is 0 Å². The van der Waals surface area contributed by atoms with Crippen molar-refractivity contribution in [2.24, 2.45) is 10.8 Å². The number of allylic oxidation sites excluding steroid dienone is 2. The van der Waals surface area contributed by atoms with Crippen molar-refractivity contribution in [1.29, 1.82) is 0 Å². The first kappa shape index (κ1) is 4.54. The largest absolute Gasteiger partial charge is 0.0874 e. The van der Waals surface area contributed by atoms with E-state index in [0.29, 0.717) is 0 Å². The Hall–Kier alpha value is -0.260. The van der Waals surface area contributed by atoms with Crippen molar-refractivity contribution in [1.82, 2.24) is 0 Å². The topological polar surface area (TPSA) is 0 Å². The van der Waals surface area contributed by atoms with Crippen LogP contribution in [0.15, 0.2) is 12.2 Å². The minimum absolute atomic E-state index is 0.748. The van der Waals surface area contributed by atoms with Crippen LogP contribution in [0.25, 0.3) is 0 Å². The fourth-order valence-corrected chi connectivity index (χ4v) is 3.32. The van der Waals surface area contributed by atoms with Crippen molar-refractivity contribution in [3.63, 3.8) is 0 Å². The van der Waals surface area contributed by atoms with Gasteiger partial charge in [0.05, 0.1) is 0 Å². The van der Waals surface area contributed by atoms with Gasteiger partial charge in [-0.25, -0.2) is 0 Å². The van der Waals surface area contributed by atoms with Crippen molar-refractivity contribution in [3.8, 4) is 0 Å². The number of hydrogen-bond acceptors (Lipinski definition) is 0. The average Bonchev–Trinajstić information content (AvgIpc) is 2.20. The lowest BCUT2D eigenvalue weighted by atomic mass is 9.56. The molecule has 3 fully saturated rings. The summed E-state index contributed by atoms with van der Waals surface area (Å²) in [6.45, 7) is 0. The smallest absolute Gasteiger partial charge is 0.0107 e. The molecule has 0 saturated heterocycles. The Morgan fingerprint density at radius 1 is 1.11 bits per heavy atom. The molecular formula is C9H12. The maximum Gasteiger partial charge on any atom is -0.0107 e. The van der Waals surface area contributed by atoms with Crippen molar-refractivity contribution < 1.29 is 0 Å². The predicted octanol–water partition coefficient (Wildman–Crippen LogP) is 2.51. The fourth-order valence-electron chi connectivity index (χ4n) is 3.32. The summed E-state index contributed by atoms with van der Waals surface area (Å²) in [6, 6.07) is 0. The van der Waals surface area contributed by atoms with Gasteiger partial charge in [0.1, 0.15) is 0 Å². The first-order chi connectivity index (χ1) is 4.33. The fraction of sp³-hybridized carbons (Fsp3) is 0.778. The van der Waals surface area contributed by atoms with Crippen LogP contribution in [-0.2, 0) is 0 Å². The SMILES string of the molecule is C1=C[C@]23CC[C@](C1)(C2)C3. The number of rotatable bonds is 0. The molecule has 0 unspecified atom stereocenters. The van der Waals surface area contributed by atoms with E-state index >= 15 is 0 Å². The molecule has 2 bridgehead atoms. The summed E-state index contributed by atoms with van der Waals surface area (Å²) in [6.07, 6.45) is 12.4. The van der Waals surface area contributed by atoms with E-state index in [0.717, 1.165) is 10.8 Å². The van der Waals surface area contributed by atoms with E-state index in [-0.39, 0.29) is 0 Å². The first-order valence-electron chi connectivity index (χ1n) is 4.01. The van der Waals surface area contributed by atoms with Gasteiger partial charge in [-0.3, -0.25) is 0 Å². The quantitative estimate of drug-likeness (QED) is 0.431. The highest BCUT2D eigenvalue weighted by Gasteiger charge is 2.60. The zero-order valence-electron chi connectivity index (χ0n) is 5.69. The third-order valence-electron chi connectivity index (χ3n) is 3.63. The summed E-state index contributed by atoms with van der Waals surface area (Å²) in [4.78, 5) is 0. The van der Waals surface area contributed by atoms with Crippen LogP contribution in [0.2, 0.25) is 0 Å². The summed E-state index contributed by atoms with van der Waals surface area (Å²) < 4.78 is 0. The second kappa shape index (κ2) is 1.00. The van der Waals surface area contributed by atoms with E-state index in [1.165, 1.54) is 32.1 Å². The van der Waals surface area contributed by atoms with Crippen molar-refractivity contribution >= 4 is 0 Å². The van der Waals surface area contributed by atoms with Gasteiger partial charge >= 0.3 is 0 Å². The second-order valence-electron chi connectivity index (χ2n) is 4.32. The molecule has 0 heterocycles. The maximum atomic E-state index is 2.49. The normalized spacial score (nSPS) is 59.6. The Balaban J connectivity index is 2.17. The summed E-state index contributed by atoms with van der Waals surface area (Å²) in [5.41, 5.74) is 1.59.